The molecule has 5 heteroatoms. The molecule has 1 fully saturated rings. The van der Waals surface area contributed by atoms with Crippen LogP contribution in [0.3, 0.4) is 0 Å². The SMILES string of the molecule is CN=C1SC(=Cc2c(OCc3ccc(C)cc3)ccc3ccccc23)C(=O)N1C. The van der Waals surface area contributed by atoms with Crippen molar-refractivity contribution < 1.29 is 9.53 Å². The molecule has 0 radical (unpaired) electrons. The Kier molecular flexibility index (Phi) is 5.41. The molecule has 0 aliphatic carbocycles. The first-order chi connectivity index (χ1) is 14.1. The summed E-state index contributed by atoms with van der Waals surface area (Å²) in [5.41, 5.74) is 3.24. The van der Waals surface area contributed by atoms with Gasteiger partial charge in [0.25, 0.3) is 5.91 Å². The summed E-state index contributed by atoms with van der Waals surface area (Å²) >= 11 is 1.39. The predicted octanol–water partition coefficient (Wildman–Crippen LogP) is 5.26. The minimum atomic E-state index is -0.0481. The molecule has 0 unspecified atom stereocenters. The van der Waals surface area contributed by atoms with Gasteiger partial charge in [-0.05, 0) is 47.2 Å². The van der Waals surface area contributed by atoms with Gasteiger partial charge in [-0.15, -0.1) is 0 Å². The summed E-state index contributed by atoms with van der Waals surface area (Å²) in [6, 6.07) is 20.5. The molecule has 0 spiro atoms. The Balaban J connectivity index is 1.74. The van der Waals surface area contributed by atoms with Gasteiger partial charge in [0.05, 0.1) is 4.91 Å². The van der Waals surface area contributed by atoms with Crippen molar-refractivity contribution in [1.29, 1.82) is 0 Å². The lowest BCUT2D eigenvalue weighted by Gasteiger charge is -2.13. The molecule has 1 aliphatic heterocycles. The van der Waals surface area contributed by atoms with Crippen molar-refractivity contribution in [2.75, 3.05) is 14.1 Å². The molecular formula is C24H22N2O2S. The fourth-order valence-electron chi connectivity index (χ4n) is 3.28. The van der Waals surface area contributed by atoms with E-state index in [2.05, 4.69) is 54.4 Å². The zero-order valence-electron chi connectivity index (χ0n) is 16.7. The zero-order chi connectivity index (χ0) is 20.4. The Hall–Kier alpha value is -3.05. The Morgan fingerprint density at radius 2 is 1.83 bits per heavy atom. The highest BCUT2D eigenvalue weighted by molar-refractivity contribution is 8.18. The van der Waals surface area contributed by atoms with Gasteiger partial charge in [-0.1, -0.05) is 60.2 Å². The van der Waals surface area contributed by atoms with Crippen molar-refractivity contribution in [2.24, 2.45) is 4.99 Å². The van der Waals surface area contributed by atoms with Gasteiger partial charge < -0.3 is 4.74 Å². The Bertz CT molecular complexity index is 1130. The van der Waals surface area contributed by atoms with Crippen LogP contribution in [0.4, 0.5) is 0 Å². The monoisotopic (exact) mass is 402 g/mol. The van der Waals surface area contributed by atoms with Crippen LogP contribution in [0.5, 0.6) is 5.75 Å². The van der Waals surface area contributed by atoms with E-state index in [1.54, 1.807) is 19.0 Å². The average Bonchev–Trinajstić information content (AvgIpc) is 3.02. The van der Waals surface area contributed by atoms with Crippen molar-refractivity contribution in [3.05, 3.63) is 82.3 Å². The third kappa shape index (κ3) is 3.91. The van der Waals surface area contributed by atoms with Gasteiger partial charge in [0.15, 0.2) is 5.17 Å². The number of aliphatic imine (C=N–C) groups is 1. The predicted molar refractivity (Wildman–Crippen MR) is 121 cm³/mol. The number of hydrogen-bond acceptors (Lipinski definition) is 4. The van der Waals surface area contributed by atoms with E-state index in [-0.39, 0.29) is 5.91 Å². The summed E-state index contributed by atoms with van der Waals surface area (Å²) in [6.45, 7) is 2.54. The second kappa shape index (κ2) is 8.13. The standard InChI is InChI=1S/C24H22N2O2S/c1-16-8-10-17(11-9-16)15-28-21-13-12-18-6-4-5-7-19(18)20(21)14-22-23(27)26(3)24(25-2)29-22/h4-14H,15H2,1-3H3. The minimum Gasteiger partial charge on any atom is -0.488 e. The molecule has 1 saturated heterocycles. The molecule has 3 aromatic rings. The highest BCUT2D eigenvalue weighted by Gasteiger charge is 2.30. The van der Waals surface area contributed by atoms with Gasteiger partial charge in [-0.3, -0.25) is 14.7 Å². The van der Waals surface area contributed by atoms with Crippen molar-refractivity contribution in [1.82, 2.24) is 4.90 Å². The number of rotatable bonds is 4. The number of carbonyl (C=O) groups is 1. The van der Waals surface area contributed by atoms with Crippen molar-refractivity contribution in [2.45, 2.75) is 13.5 Å². The van der Waals surface area contributed by atoms with E-state index in [0.717, 1.165) is 27.6 Å². The third-order valence-electron chi connectivity index (χ3n) is 4.92. The van der Waals surface area contributed by atoms with Crippen LogP contribution >= 0.6 is 11.8 Å². The molecule has 0 N–H and O–H groups in total. The van der Waals surface area contributed by atoms with Crippen LogP contribution in [0.2, 0.25) is 0 Å². The van der Waals surface area contributed by atoms with Gasteiger partial charge in [-0.2, -0.15) is 0 Å². The summed E-state index contributed by atoms with van der Waals surface area (Å²) in [5.74, 6) is 0.711. The number of amides is 1. The van der Waals surface area contributed by atoms with Crippen molar-refractivity contribution >= 4 is 39.7 Å². The molecule has 3 aromatic carbocycles. The number of fused-ring (bicyclic) bond motifs is 1. The van der Waals surface area contributed by atoms with Crippen LogP contribution in [0.25, 0.3) is 16.8 Å². The molecule has 4 rings (SSSR count). The van der Waals surface area contributed by atoms with Crippen LogP contribution in [0.1, 0.15) is 16.7 Å². The molecule has 0 saturated carbocycles. The molecule has 0 atom stereocenters. The average molecular weight is 403 g/mol. The molecule has 146 valence electrons. The largest absolute Gasteiger partial charge is 0.488 e. The summed E-state index contributed by atoms with van der Waals surface area (Å²) in [4.78, 5) is 19.1. The lowest BCUT2D eigenvalue weighted by atomic mass is 10.0. The Morgan fingerprint density at radius 3 is 2.55 bits per heavy atom. The molecule has 4 nitrogen and oxygen atoms in total. The van der Waals surface area contributed by atoms with Crippen LogP contribution in [0, 0.1) is 6.92 Å². The number of hydrogen-bond donors (Lipinski definition) is 0. The summed E-state index contributed by atoms with van der Waals surface area (Å²) in [7, 11) is 3.44. The number of benzene rings is 3. The highest BCUT2D eigenvalue weighted by atomic mass is 32.2. The molecule has 1 heterocycles. The van der Waals surface area contributed by atoms with Gasteiger partial charge in [0.2, 0.25) is 0 Å². The number of amidine groups is 1. The number of ether oxygens (including phenoxy) is 1. The highest BCUT2D eigenvalue weighted by Crippen LogP contribution is 2.36. The van der Waals surface area contributed by atoms with Crippen LogP contribution < -0.4 is 4.74 Å². The van der Waals surface area contributed by atoms with Crippen molar-refractivity contribution in [3.8, 4) is 5.75 Å². The smallest absolute Gasteiger partial charge is 0.266 e. The minimum absolute atomic E-state index is 0.0481. The van der Waals surface area contributed by atoms with E-state index < -0.39 is 0 Å². The number of thioether (sulfide) groups is 1. The molecule has 29 heavy (non-hydrogen) atoms. The quantitative estimate of drug-likeness (QED) is 0.559. The summed E-state index contributed by atoms with van der Waals surface area (Å²) in [5, 5.41) is 2.86. The van der Waals surface area contributed by atoms with Crippen LogP contribution in [-0.2, 0) is 11.4 Å². The van der Waals surface area contributed by atoms with E-state index in [1.807, 2.05) is 24.3 Å². The van der Waals surface area contributed by atoms with Gasteiger partial charge in [-0.25, -0.2) is 0 Å². The lowest BCUT2D eigenvalue weighted by Crippen LogP contribution is -2.23. The maximum Gasteiger partial charge on any atom is 0.266 e. The maximum absolute atomic E-state index is 12.7. The maximum atomic E-state index is 12.7. The lowest BCUT2D eigenvalue weighted by molar-refractivity contribution is -0.121. The van der Waals surface area contributed by atoms with E-state index in [9.17, 15) is 4.79 Å². The Morgan fingerprint density at radius 1 is 1.07 bits per heavy atom. The first-order valence-corrected chi connectivity index (χ1v) is 10.2. The molecule has 0 bridgehead atoms. The van der Waals surface area contributed by atoms with Gasteiger partial charge >= 0.3 is 0 Å². The second-order valence-electron chi connectivity index (χ2n) is 6.95. The molecule has 0 aromatic heterocycles. The van der Waals surface area contributed by atoms with Gasteiger partial charge in [0, 0.05) is 19.7 Å². The first kappa shape index (κ1) is 19.3. The first-order valence-electron chi connectivity index (χ1n) is 9.41. The van der Waals surface area contributed by atoms with E-state index in [1.165, 1.54) is 17.3 Å². The summed E-state index contributed by atoms with van der Waals surface area (Å²) < 4.78 is 6.19. The number of aryl methyl sites for hydroxylation is 1. The summed E-state index contributed by atoms with van der Waals surface area (Å²) in [6.07, 6.45) is 1.93. The molecular weight excluding hydrogens is 380 g/mol. The Labute approximate surface area is 174 Å². The van der Waals surface area contributed by atoms with E-state index in [4.69, 9.17) is 4.74 Å². The normalized spacial score (nSPS) is 16.9. The third-order valence-corrected chi connectivity index (χ3v) is 6.07. The topological polar surface area (TPSA) is 41.9 Å². The molecule has 1 amide bonds. The van der Waals surface area contributed by atoms with Crippen molar-refractivity contribution in [3.63, 3.8) is 0 Å². The second-order valence-corrected chi connectivity index (χ2v) is 7.96. The van der Waals surface area contributed by atoms with Gasteiger partial charge in [0.1, 0.15) is 12.4 Å². The van der Waals surface area contributed by atoms with Crippen LogP contribution in [-0.4, -0.2) is 30.1 Å². The number of carbonyl (C=O) groups excluding carboxylic acids is 1. The fraction of sp³-hybridized carbons (Fsp3) is 0.167. The number of likely N-dealkylation sites (N-methyl/N-ethyl adjacent to an activating group) is 1. The van der Waals surface area contributed by atoms with Crippen LogP contribution in [0.15, 0.2) is 70.6 Å². The number of nitrogens with zero attached hydrogens (tertiary/aromatic N) is 2. The van der Waals surface area contributed by atoms with E-state index in [0.29, 0.717) is 16.7 Å². The zero-order valence-corrected chi connectivity index (χ0v) is 17.5. The van der Waals surface area contributed by atoms with E-state index >= 15 is 0 Å². The molecule has 1 aliphatic rings. The fourth-order valence-corrected chi connectivity index (χ4v) is 4.19.